The number of alkyl halides is 1. The second kappa shape index (κ2) is 4.82. The van der Waals surface area contributed by atoms with Crippen LogP contribution in [0.5, 0.6) is 0 Å². The van der Waals surface area contributed by atoms with Gasteiger partial charge in [-0.05, 0) is 43.4 Å². The molecular formula is C12H21Br. The first-order valence-electron chi connectivity index (χ1n) is 5.96. The van der Waals surface area contributed by atoms with Crippen molar-refractivity contribution in [2.24, 2.45) is 17.8 Å². The predicted octanol–water partition coefficient (Wildman–Crippen LogP) is 4.38. The van der Waals surface area contributed by atoms with E-state index in [1.165, 1.54) is 43.9 Å². The zero-order valence-electron chi connectivity index (χ0n) is 8.47. The molecule has 0 aromatic heterocycles. The molecule has 0 aromatic rings. The van der Waals surface area contributed by atoms with Crippen molar-refractivity contribution in [1.82, 2.24) is 0 Å². The summed E-state index contributed by atoms with van der Waals surface area (Å²) in [7, 11) is 0. The Bertz CT molecular complexity index is 141. The number of rotatable bonds is 2. The van der Waals surface area contributed by atoms with Crippen LogP contribution in [0.1, 0.15) is 51.4 Å². The van der Waals surface area contributed by atoms with E-state index in [0.29, 0.717) is 0 Å². The average Bonchev–Trinajstić information content (AvgIpc) is 2.71. The number of hydrogen-bond acceptors (Lipinski definition) is 0. The van der Waals surface area contributed by atoms with Crippen molar-refractivity contribution in [3.8, 4) is 0 Å². The van der Waals surface area contributed by atoms with Gasteiger partial charge in [-0.1, -0.05) is 41.6 Å². The van der Waals surface area contributed by atoms with E-state index in [-0.39, 0.29) is 0 Å². The van der Waals surface area contributed by atoms with E-state index in [0.717, 1.165) is 17.8 Å². The quantitative estimate of drug-likeness (QED) is 0.633. The zero-order valence-corrected chi connectivity index (χ0v) is 10.1. The molecule has 2 rings (SSSR count). The molecule has 0 atom stereocenters. The van der Waals surface area contributed by atoms with Gasteiger partial charge in [0.2, 0.25) is 0 Å². The van der Waals surface area contributed by atoms with Crippen LogP contribution >= 0.6 is 15.9 Å². The monoisotopic (exact) mass is 244 g/mol. The minimum absolute atomic E-state index is 0.998. The van der Waals surface area contributed by atoms with Gasteiger partial charge in [0.05, 0.1) is 0 Å². The molecule has 0 heterocycles. The van der Waals surface area contributed by atoms with E-state index in [9.17, 15) is 0 Å². The van der Waals surface area contributed by atoms with Gasteiger partial charge in [0.1, 0.15) is 0 Å². The molecule has 0 aromatic carbocycles. The van der Waals surface area contributed by atoms with Gasteiger partial charge in [0.25, 0.3) is 0 Å². The van der Waals surface area contributed by atoms with Gasteiger partial charge in [-0.25, -0.2) is 0 Å². The highest BCUT2D eigenvalue weighted by Crippen LogP contribution is 2.40. The lowest BCUT2D eigenvalue weighted by molar-refractivity contribution is 0.217. The van der Waals surface area contributed by atoms with Crippen LogP contribution in [-0.2, 0) is 0 Å². The molecule has 0 aliphatic heterocycles. The van der Waals surface area contributed by atoms with Crippen LogP contribution < -0.4 is 0 Å². The molecule has 2 aliphatic carbocycles. The van der Waals surface area contributed by atoms with Gasteiger partial charge in [-0.15, -0.1) is 0 Å². The molecule has 0 nitrogen and oxygen atoms in total. The summed E-state index contributed by atoms with van der Waals surface area (Å²) in [6, 6.07) is 0. The first-order valence-corrected chi connectivity index (χ1v) is 7.08. The molecular weight excluding hydrogens is 224 g/mol. The maximum Gasteiger partial charge on any atom is 0.00596 e. The molecule has 76 valence electrons. The van der Waals surface area contributed by atoms with Gasteiger partial charge in [0.15, 0.2) is 0 Å². The van der Waals surface area contributed by atoms with Crippen LogP contribution in [0.2, 0.25) is 0 Å². The fraction of sp³-hybridized carbons (Fsp3) is 1.00. The summed E-state index contributed by atoms with van der Waals surface area (Å²) >= 11 is 3.61. The molecule has 0 bridgehead atoms. The summed E-state index contributed by atoms with van der Waals surface area (Å²) in [6.45, 7) is 0. The van der Waals surface area contributed by atoms with E-state index in [1.54, 1.807) is 12.8 Å². The average molecular weight is 245 g/mol. The summed E-state index contributed by atoms with van der Waals surface area (Å²) in [5.74, 6) is 3.23. The van der Waals surface area contributed by atoms with Crippen LogP contribution in [0.25, 0.3) is 0 Å². The zero-order chi connectivity index (χ0) is 9.10. The highest BCUT2D eigenvalue weighted by molar-refractivity contribution is 9.09. The molecule has 0 unspecified atom stereocenters. The standard InChI is InChI=1S/C12H21Br/c13-9-10-5-7-12(8-6-10)11-3-1-2-4-11/h10-12H,1-9H2. The Morgan fingerprint density at radius 2 is 1.31 bits per heavy atom. The van der Waals surface area contributed by atoms with E-state index < -0.39 is 0 Å². The highest BCUT2D eigenvalue weighted by atomic mass is 79.9. The highest BCUT2D eigenvalue weighted by Gasteiger charge is 2.28. The third-order valence-electron chi connectivity index (χ3n) is 4.18. The molecule has 0 amide bonds. The maximum absolute atomic E-state index is 3.61. The van der Waals surface area contributed by atoms with E-state index in [4.69, 9.17) is 0 Å². The van der Waals surface area contributed by atoms with Crippen molar-refractivity contribution in [3.05, 3.63) is 0 Å². The fourth-order valence-corrected chi connectivity index (χ4v) is 3.89. The second-order valence-electron chi connectivity index (χ2n) is 4.98. The molecule has 0 radical (unpaired) electrons. The Labute approximate surface area is 90.6 Å². The van der Waals surface area contributed by atoms with E-state index in [1.807, 2.05) is 0 Å². The van der Waals surface area contributed by atoms with E-state index >= 15 is 0 Å². The Morgan fingerprint density at radius 3 is 1.85 bits per heavy atom. The van der Waals surface area contributed by atoms with Crippen LogP contribution in [0.4, 0.5) is 0 Å². The van der Waals surface area contributed by atoms with Gasteiger partial charge >= 0.3 is 0 Å². The van der Waals surface area contributed by atoms with E-state index in [2.05, 4.69) is 15.9 Å². The summed E-state index contributed by atoms with van der Waals surface area (Å²) in [4.78, 5) is 0. The first-order chi connectivity index (χ1) is 6.40. The van der Waals surface area contributed by atoms with Crippen molar-refractivity contribution in [2.45, 2.75) is 51.4 Å². The lowest BCUT2D eigenvalue weighted by Gasteiger charge is -2.31. The number of halogens is 1. The van der Waals surface area contributed by atoms with Crippen molar-refractivity contribution < 1.29 is 0 Å². The Kier molecular flexibility index (Phi) is 3.71. The molecule has 2 fully saturated rings. The van der Waals surface area contributed by atoms with Gasteiger partial charge in [-0.3, -0.25) is 0 Å². The topological polar surface area (TPSA) is 0 Å². The molecule has 13 heavy (non-hydrogen) atoms. The van der Waals surface area contributed by atoms with Crippen molar-refractivity contribution in [1.29, 1.82) is 0 Å². The molecule has 0 N–H and O–H groups in total. The van der Waals surface area contributed by atoms with Gasteiger partial charge < -0.3 is 0 Å². The molecule has 0 saturated heterocycles. The Morgan fingerprint density at radius 1 is 0.769 bits per heavy atom. The minimum Gasteiger partial charge on any atom is -0.0925 e. The third kappa shape index (κ3) is 2.49. The van der Waals surface area contributed by atoms with Crippen LogP contribution in [0.3, 0.4) is 0 Å². The minimum atomic E-state index is 0.998. The summed E-state index contributed by atoms with van der Waals surface area (Å²) in [5.41, 5.74) is 0. The lowest BCUT2D eigenvalue weighted by Crippen LogP contribution is -2.20. The molecule has 2 saturated carbocycles. The summed E-state index contributed by atoms with van der Waals surface area (Å²) < 4.78 is 0. The van der Waals surface area contributed by atoms with Crippen molar-refractivity contribution in [2.75, 3.05) is 5.33 Å². The van der Waals surface area contributed by atoms with Crippen molar-refractivity contribution in [3.63, 3.8) is 0 Å². The SMILES string of the molecule is BrCC1CCC(C2CCCC2)CC1. The Hall–Kier alpha value is 0.480. The van der Waals surface area contributed by atoms with Crippen LogP contribution in [0.15, 0.2) is 0 Å². The second-order valence-corrected chi connectivity index (χ2v) is 5.63. The van der Waals surface area contributed by atoms with Crippen LogP contribution in [0, 0.1) is 17.8 Å². The normalized spacial score (nSPS) is 36.7. The number of hydrogen-bond donors (Lipinski definition) is 0. The first kappa shape index (κ1) is 10.0. The van der Waals surface area contributed by atoms with Crippen LogP contribution in [-0.4, -0.2) is 5.33 Å². The van der Waals surface area contributed by atoms with Gasteiger partial charge in [0, 0.05) is 5.33 Å². The van der Waals surface area contributed by atoms with Crippen molar-refractivity contribution >= 4 is 15.9 Å². The molecule has 2 aliphatic rings. The Balaban J connectivity index is 1.77. The fourth-order valence-electron chi connectivity index (χ4n) is 3.24. The molecule has 0 spiro atoms. The predicted molar refractivity (Wildman–Crippen MR) is 61.2 cm³/mol. The smallest absolute Gasteiger partial charge is 0.00596 e. The van der Waals surface area contributed by atoms with Gasteiger partial charge in [-0.2, -0.15) is 0 Å². The maximum atomic E-state index is 3.61. The largest absolute Gasteiger partial charge is 0.0925 e. The summed E-state index contributed by atoms with van der Waals surface area (Å²) in [6.07, 6.45) is 12.2. The lowest BCUT2D eigenvalue weighted by atomic mass is 9.76. The summed E-state index contributed by atoms with van der Waals surface area (Å²) in [5, 5.41) is 1.24. The molecule has 1 heteroatoms. The third-order valence-corrected chi connectivity index (χ3v) is 5.09.